The summed E-state index contributed by atoms with van der Waals surface area (Å²) in [5.74, 6) is 0. The van der Waals surface area contributed by atoms with Crippen molar-refractivity contribution in [1.82, 2.24) is 5.32 Å². The van der Waals surface area contributed by atoms with Crippen molar-refractivity contribution in [3.8, 4) is 0 Å². The Morgan fingerprint density at radius 1 is 1.40 bits per heavy atom. The van der Waals surface area contributed by atoms with Gasteiger partial charge in [-0.25, -0.2) is 0 Å². The van der Waals surface area contributed by atoms with Crippen LogP contribution in [0.15, 0.2) is 0 Å². The van der Waals surface area contributed by atoms with Crippen LogP contribution in [0.25, 0.3) is 0 Å². The zero-order valence-corrected chi connectivity index (χ0v) is 9.80. The van der Waals surface area contributed by atoms with Gasteiger partial charge in [0.25, 0.3) is 0 Å². The van der Waals surface area contributed by atoms with Crippen LogP contribution in [-0.2, 0) is 4.74 Å². The van der Waals surface area contributed by atoms with Crippen LogP contribution >= 0.6 is 0 Å². The van der Waals surface area contributed by atoms with E-state index in [1.165, 1.54) is 25.7 Å². The molecule has 1 aliphatic carbocycles. The molecular weight excluding hydrogens is 188 g/mol. The summed E-state index contributed by atoms with van der Waals surface area (Å²) < 4.78 is 5.60. The van der Waals surface area contributed by atoms with Gasteiger partial charge in [-0.3, -0.25) is 0 Å². The molecule has 0 amide bonds. The molecule has 3 nitrogen and oxygen atoms in total. The summed E-state index contributed by atoms with van der Waals surface area (Å²) >= 11 is 0. The molecule has 1 heterocycles. The maximum absolute atomic E-state index is 5.96. The van der Waals surface area contributed by atoms with Gasteiger partial charge in [0.15, 0.2) is 0 Å². The van der Waals surface area contributed by atoms with Gasteiger partial charge >= 0.3 is 0 Å². The van der Waals surface area contributed by atoms with Gasteiger partial charge in [-0.2, -0.15) is 0 Å². The Balaban J connectivity index is 1.93. The first-order chi connectivity index (χ1) is 7.24. The molecule has 0 spiro atoms. The molecule has 2 unspecified atom stereocenters. The van der Waals surface area contributed by atoms with E-state index in [2.05, 4.69) is 12.2 Å². The molecule has 15 heavy (non-hydrogen) atoms. The fourth-order valence-electron chi connectivity index (χ4n) is 3.05. The Bertz CT molecular complexity index is 204. The lowest BCUT2D eigenvalue weighted by Crippen LogP contribution is -2.58. The first kappa shape index (κ1) is 11.4. The number of rotatable bonds is 3. The van der Waals surface area contributed by atoms with E-state index in [0.717, 1.165) is 26.0 Å². The molecule has 2 rings (SSSR count). The minimum Gasteiger partial charge on any atom is -0.378 e. The molecule has 2 aliphatic rings. The number of hydrogen-bond acceptors (Lipinski definition) is 3. The zero-order valence-electron chi connectivity index (χ0n) is 9.80. The molecule has 1 saturated carbocycles. The van der Waals surface area contributed by atoms with Gasteiger partial charge in [0.05, 0.1) is 6.10 Å². The number of ether oxygens (including phenoxy) is 1. The topological polar surface area (TPSA) is 47.3 Å². The van der Waals surface area contributed by atoms with Crippen LogP contribution in [0.2, 0.25) is 0 Å². The summed E-state index contributed by atoms with van der Waals surface area (Å²) in [6.45, 7) is 3.76. The van der Waals surface area contributed by atoms with E-state index in [9.17, 15) is 0 Å². The van der Waals surface area contributed by atoms with Crippen LogP contribution in [-0.4, -0.2) is 30.8 Å². The highest BCUT2D eigenvalue weighted by molar-refractivity contribution is 4.96. The lowest BCUT2D eigenvalue weighted by atomic mass is 9.86. The van der Waals surface area contributed by atoms with Crippen molar-refractivity contribution in [1.29, 1.82) is 0 Å². The van der Waals surface area contributed by atoms with Crippen LogP contribution < -0.4 is 11.1 Å². The Labute approximate surface area is 92.7 Å². The van der Waals surface area contributed by atoms with Crippen molar-refractivity contribution in [3.63, 3.8) is 0 Å². The van der Waals surface area contributed by atoms with Crippen LogP contribution in [0.1, 0.15) is 45.4 Å². The summed E-state index contributed by atoms with van der Waals surface area (Å²) in [6.07, 6.45) is 7.92. The fourth-order valence-corrected chi connectivity index (χ4v) is 3.05. The van der Waals surface area contributed by atoms with Crippen molar-refractivity contribution >= 4 is 0 Å². The van der Waals surface area contributed by atoms with Crippen LogP contribution in [0.4, 0.5) is 0 Å². The monoisotopic (exact) mass is 212 g/mol. The molecule has 3 N–H and O–H groups in total. The fraction of sp³-hybridized carbons (Fsp3) is 1.00. The maximum atomic E-state index is 5.96. The number of nitrogens with one attached hydrogen (secondary N) is 1. The highest BCUT2D eigenvalue weighted by Crippen LogP contribution is 2.28. The largest absolute Gasteiger partial charge is 0.378 e. The molecule has 1 saturated heterocycles. The minimum absolute atomic E-state index is 0.159. The van der Waals surface area contributed by atoms with Gasteiger partial charge in [0.1, 0.15) is 0 Å². The third-order valence-corrected chi connectivity index (χ3v) is 3.92. The summed E-state index contributed by atoms with van der Waals surface area (Å²) in [4.78, 5) is 0. The first-order valence-corrected chi connectivity index (χ1v) is 6.33. The highest BCUT2D eigenvalue weighted by Gasteiger charge is 2.36. The Morgan fingerprint density at radius 2 is 2.13 bits per heavy atom. The van der Waals surface area contributed by atoms with Crippen molar-refractivity contribution in [2.45, 2.75) is 63.1 Å². The minimum atomic E-state index is 0.159. The van der Waals surface area contributed by atoms with Gasteiger partial charge in [-0.1, -0.05) is 12.8 Å². The second kappa shape index (κ2) is 4.81. The van der Waals surface area contributed by atoms with E-state index >= 15 is 0 Å². The van der Waals surface area contributed by atoms with Gasteiger partial charge in [-0.05, 0) is 32.6 Å². The lowest BCUT2D eigenvalue weighted by Gasteiger charge is -2.42. The molecule has 0 radical (unpaired) electrons. The lowest BCUT2D eigenvalue weighted by molar-refractivity contribution is -0.0192. The Morgan fingerprint density at radius 3 is 2.73 bits per heavy atom. The number of nitrogens with two attached hydrogens (primary N) is 1. The van der Waals surface area contributed by atoms with Gasteiger partial charge in [0, 0.05) is 24.7 Å². The van der Waals surface area contributed by atoms with Crippen LogP contribution in [0.3, 0.4) is 0 Å². The van der Waals surface area contributed by atoms with E-state index in [1.807, 2.05) is 0 Å². The van der Waals surface area contributed by atoms with Crippen LogP contribution in [0, 0.1) is 0 Å². The third kappa shape index (κ3) is 2.71. The summed E-state index contributed by atoms with van der Waals surface area (Å²) in [6, 6.07) is 0.707. The molecule has 0 aromatic carbocycles. The van der Waals surface area contributed by atoms with Crippen molar-refractivity contribution in [3.05, 3.63) is 0 Å². The maximum Gasteiger partial charge on any atom is 0.0565 e. The number of hydrogen-bond donors (Lipinski definition) is 2. The van der Waals surface area contributed by atoms with Crippen molar-refractivity contribution < 1.29 is 4.74 Å². The van der Waals surface area contributed by atoms with Crippen molar-refractivity contribution in [2.75, 3.05) is 13.2 Å². The smallest absolute Gasteiger partial charge is 0.0565 e. The first-order valence-electron chi connectivity index (χ1n) is 6.33. The highest BCUT2D eigenvalue weighted by atomic mass is 16.5. The van der Waals surface area contributed by atoms with E-state index in [-0.39, 0.29) is 5.54 Å². The Hall–Kier alpha value is -0.120. The van der Waals surface area contributed by atoms with E-state index in [1.54, 1.807) is 0 Å². The van der Waals surface area contributed by atoms with E-state index < -0.39 is 0 Å². The SMILES string of the molecule is CC1CC(CN)(NC2CCCC2)CCO1. The quantitative estimate of drug-likeness (QED) is 0.743. The predicted octanol–water partition coefficient (Wildman–Crippen LogP) is 1.41. The molecule has 0 aromatic heterocycles. The molecule has 2 fully saturated rings. The standard InChI is InChI=1S/C12H24N2O/c1-10-8-12(9-13,6-7-15-10)14-11-4-2-3-5-11/h10-11,14H,2-9,13H2,1H3. The predicted molar refractivity (Wildman–Crippen MR) is 61.8 cm³/mol. The average Bonchev–Trinajstić information content (AvgIpc) is 2.70. The van der Waals surface area contributed by atoms with Gasteiger partial charge in [0.2, 0.25) is 0 Å². The third-order valence-electron chi connectivity index (χ3n) is 3.92. The second-order valence-electron chi connectivity index (χ2n) is 5.25. The second-order valence-corrected chi connectivity index (χ2v) is 5.25. The van der Waals surface area contributed by atoms with Crippen molar-refractivity contribution in [2.24, 2.45) is 5.73 Å². The molecular formula is C12H24N2O. The van der Waals surface area contributed by atoms with Crippen LogP contribution in [0.5, 0.6) is 0 Å². The molecule has 88 valence electrons. The summed E-state index contributed by atoms with van der Waals surface area (Å²) in [5, 5.41) is 3.81. The van der Waals surface area contributed by atoms with Gasteiger partial charge < -0.3 is 15.8 Å². The van der Waals surface area contributed by atoms with E-state index in [0.29, 0.717) is 12.1 Å². The molecule has 3 heteroatoms. The summed E-state index contributed by atoms with van der Waals surface area (Å²) in [5.41, 5.74) is 6.12. The molecule has 2 atom stereocenters. The molecule has 1 aliphatic heterocycles. The van der Waals surface area contributed by atoms with Gasteiger partial charge in [-0.15, -0.1) is 0 Å². The molecule has 0 aromatic rings. The zero-order chi connectivity index (χ0) is 10.7. The normalized spacial score (nSPS) is 38.4. The molecule has 0 bridgehead atoms. The summed E-state index contributed by atoms with van der Waals surface area (Å²) in [7, 11) is 0. The van der Waals surface area contributed by atoms with E-state index in [4.69, 9.17) is 10.5 Å². The average molecular weight is 212 g/mol. The Kier molecular flexibility index (Phi) is 3.65.